The standard InChI is InChI=1S/C14H16O4/c15-13-10-3-1-2-4-12(10)18-9-11(13)14(16)5-7-17-8-6-14/h1-4,11,16H,5-9H2. The summed E-state index contributed by atoms with van der Waals surface area (Å²) in [7, 11) is 0. The number of aliphatic hydroxyl groups is 1. The number of carbonyl (C=O) groups is 1. The van der Waals surface area contributed by atoms with Crippen molar-refractivity contribution in [2.75, 3.05) is 19.8 Å². The summed E-state index contributed by atoms with van der Waals surface area (Å²) in [6, 6.07) is 7.20. The number of benzene rings is 1. The van der Waals surface area contributed by atoms with Crippen LogP contribution >= 0.6 is 0 Å². The van der Waals surface area contributed by atoms with Crippen molar-refractivity contribution in [3.63, 3.8) is 0 Å². The zero-order chi connectivity index (χ0) is 12.6. The lowest BCUT2D eigenvalue weighted by Crippen LogP contribution is -2.50. The fourth-order valence-corrected chi connectivity index (χ4v) is 2.71. The van der Waals surface area contributed by atoms with Crippen LogP contribution in [0, 0.1) is 5.92 Å². The Labute approximate surface area is 106 Å². The Balaban J connectivity index is 1.90. The van der Waals surface area contributed by atoms with Crippen LogP contribution in [0.1, 0.15) is 23.2 Å². The Kier molecular flexibility index (Phi) is 2.84. The summed E-state index contributed by atoms with van der Waals surface area (Å²) < 4.78 is 10.9. The minimum Gasteiger partial charge on any atom is -0.492 e. The normalized spacial score (nSPS) is 26.3. The largest absolute Gasteiger partial charge is 0.492 e. The van der Waals surface area contributed by atoms with Gasteiger partial charge in [0.15, 0.2) is 5.78 Å². The summed E-state index contributed by atoms with van der Waals surface area (Å²) in [4.78, 5) is 12.4. The van der Waals surface area contributed by atoms with Gasteiger partial charge in [-0.2, -0.15) is 0 Å². The summed E-state index contributed by atoms with van der Waals surface area (Å²) in [5.41, 5.74) is -0.406. The number of fused-ring (bicyclic) bond motifs is 1. The minimum atomic E-state index is -0.983. The quantitative estimate of drug-likeness (QED) is 0.816. The van der Waals surface area contributed by atoms with Crippen molar-refractivity contribution in [3.05, 3.63) is 29.8 Å². The molecule has 0 spiro atoms. The first kappa shape index (κ1) is 11.7. The van der Waals surface area contributed by atoms with E-state index in [4.69, 9.17) is 9.47 Å². The lowest BCUT2D eigenvalue weighted by Gasteiger charge is -2.39. The molecular weight excluding hydrogens is 232 g/mol. The second-order valence-corrected chi connectivity index (χ2v) is 4.94. The SMILES string of the molecule is O=C1c2ccccc2OCC1C1(O)CCOCC1. The van der Waals surface area contributed by atoms with Crippen molar-refractivity contribution in [1.82, 2.24) is 0 Å². The average molecular weight is 248 g/mol. The van der Waals surface area contributed by atoms with Gasteiger partial charge in [0.05, 0.1) is 17.1 Å². The first-order chi connectivity index (χ1) is 8.71. The van der Waals surface area contributed by atoms with Gasteiger partial charge in [-0.15, -0.1) is 0 Å². The zero-order valence-corrected chi connectivity index (χ0v) is 10.1. The molecule has 96 valence electrons. The molecule has 4 nitrogen and oxygen atoms in total. The first-order valence-electron chi connectivity index (χ1n) is 6.27. The Bertz CT molecular complexity index is 463. The van der Waals surface area contributed by atoms with Gasteiger partial charge in [0.25, 0.3) is 0 Å². The van der Waals surface area contributed by atoms with Crippen molar-refractivity contribution in [3.8, 4) is 5.75 Å². The van der Waals surface area contributed by atoms with E-state index >= 15 is 0 Å². The highest BCUT2D eigenvalue weighted by Gasteiger charge is 2.45. The van der Waals surface area contributed by atoms with Gasteiger partial charge in [-0.25, -0.2) is 0 Å². The maximum absolute atomic E-state index is 12.4. The Morgan fingerprint density at radius 3 is 2.72 bits per heavy atom. The van der Waals surface area contributed by atoms with Crippen LogP contribution in [-0.2, 0) is 4.74 Å². The lowest BCUT2D eigenvalue weighted by molar-refractivity contribution is -0.0982. The molecule has 0 aromatic heterocycles. The molecule has 1 atom stereocenters. The third-order valence-electron chi connectivity index (χ3n) is 3.88. The number of hydrogen-bond donors (Lipinski definition) is 1. The second kappa shape index (κ2) is 4.37. The van der Waals surface area contributed by atoms with E-state index in [1.165, 1.54) is 0 Å². The monoisotopic (exact) mass is 248 g/mol. The van der Waals surface area contributed by atoms with Crippen LogP contribution in [0.2, 0.25) is 0 Å². The van der Waals surface area contributed by atoms with Gasteiger partial charge in [0.2, 0.25) is 0 Å². The highest BCUT2D eigenvalue weighted by atomic mass is 16.5. The molecule has 1 N–H and O–H groups in total. The van der Waals surface area contributed by atoms with E-state index in [0.29, 0.717) is 37.4 Å². The van der Waals surface area contributed by atoms with Gasteiger partial charge < -0.3 is 14.6 Å². The highest BCUT2D eigenvalue weighted by molar-refractivity contribution is 6.02. The fourth-order valence-electron chi connectivity index (χ4n) is 2.71. The molecule has 0 radical (unpaired) electrons. The summed E-state index contributed by atoms with van der Waals surface area (Å²) in [6.07, 6.45) is 0.990. The van der Waals surface area contributed by atoms with Gasteiger partial charge in [0, 0.05) is 26.1 Å². The van der Waals surface area contributed by atoms with Crippen molar-refractivity contribution in [1.29, 1.82) is 0 Å². The number of ether oxygens (including phenoxy) is 2. The molecule has 1 unspecified atom stereocenters. The molecule has 0 amide bonds. The average Bonchev–Trinajstić information content (AvgIpc) is 2.40. The van der Waals surface area contributed by atoms with Gasteiger partial charge >= 0.3 is 0 Å². The van der Waals surface area contributed by atoms with Crippen LogP contribution in [-0.4, -0.2) is 36.3 Å². The van der Waals surface area contributed by atoms with E-state index in [2.05, 4.69) is 0 Å². The first-order valence-corrected chi connectivity index (χ1v) is 6.27. The molecule has 0 aliphatic carbocycles. The molecule has 1 fully saturated rings. The Morgan fingerprint density at radius 1 is 1.22 bits per heavy atom. The van der Waals surface area contributed by atoms with Crippen LogP contribution in [0.5, 0.6) is 5.75 Å². The molecule has 1 aromatic carbocycles. The van der Waals surface area contributed by atoms with Crippen molar-refractivity contribution in [2.24, 2.45) is 5.92 Å². The summed E-state index contributed by atoms with van der Waals surface area (Å²) in [5.74, 6) is 0.131. The lowest BCUT2D eigenvalue weighted by atomic mass is 9.76. The number of ketones is 1. The molecular formula is C14H16O4. The summed E-state index contributed by atoms with van der Waals surface area (Å²) >= 11 is 0. The maximum Gasteiger partial charge on any atom is 0.175 e. The summed E-state index contributed by atoms with van der Waals surface area (Å²) in [6.45, 7) is 1.26. The van der Waals surface area contributed by atoms with E-state index < -0.39 is 11.5 Å². The number of Topliss-reactive ketones (excluding diaryl/α,β-unsaturated/α-hetero) is 1. The number of para-hydroxylation sites is 1. The van der Waals surface area contributed by atoms with Crippen LogP contribution in [0.15, 0.2) is 24.3 Å². The Hall–Kier alpha value is -1.39. The van der Waals surface area contributed by atoms with Crippen molar-refractivity contribution >= 4 is 5.78 Å². The molecule has 2 aliphatic rings. The van der Waals surface area contributed by atoms with Gasteiger partial charge in [-0.05, 0) is 12.1 Å². The number of carbonyl (C=O) groups excluding carboxylic acids is 1. The predicted molar refractivity (Wildman–Crippen MR) is 64.8 cm³/mol. The molecule has 18 heavy (non-hydrogen) atoms. The zero-order valence-electron chi connectivity index (χ0n) is 10.1. The van der Waals surface area contributed by atoms with E-state index in [0.717, 1.165) is 0 Å². The molecule has 0 bridgehead atoms. The van der Waals surface area contributed by atoms with Crippen molar-refractivity contribution < 1.29 is 19.4 Å². The molecule has 2 heterocycles. The van der Waals surface area contributed by atoms with Crippen LogP contribution in [0.4, 0.5) is 0 Å². The predicted octanol–water partition coefficient (Wildman–Crippen LogP) is 1.42. The number of hydrogen-bond acceptors (Lipinski definition) is 4. The van der Waals surface area contributed by atoms with E-state index in [1.54, 1.807) is 12.1 Å². The van der Waals surface area contributed by atoms with Gasteiger partial charge in [0.1, 0.15) is 12.4 Å². The Morgan fingerprint density at radius 2 is 1.94 bits per heavy atom. The van der Waals surface area contributed by atoms with Crippen LogP contribution in [0.25, 0.3) is 0 Å². The van der Waals surface area contributed by atoms with E-state index in [9.17, 15) is 9.90 Å². The second-order valence-electron chi connectivity index (χ2n) is 4.94. The number of rotatable bonds is 1. The fraction of sp³-hybridized carbons (Fsp3) is 0.500. The molecule has 0 saturated carbocycles. The van der Waals surface area contributed by atoms with Crippen LogP contribution < -0.4 is 4.74 Å². The van der Waals surface area contributed by atoms with E-state index in [-0.39, 0.29) is 12.4 Å². The smallest absolute Gasteiger partial charge is 0.175 e. The van der Waals surface area contributed by atoms with E-state index in [1.807, 2.05) is 12.1 Å². The highest BCUT2D eigenvalue weighted by Crippen LogP contribution is 2.36. The topological polar surface area (TPSA) is 55.8 Å². The molecule has 1 saturated heterocycles. The van der Waals surface area contributed by atoms with Gasteiger partial charge in [-0.1, -0.05) is 12.1 Å². The third kappa shape index (κ3) is 1.82. The molecule has 1 aromatic rings. The minimum absolute atomic E-state index is 0.0127. The maximum atomic E-state index is 12.4. The summed E-state index contributed by atoms with van der Waals surface area (Å²) in [5, 5.41) is 10.6. The van der Waals surface area contributed by atoms with Crippen molar-refractivity contribution in [2.45, 2.75) is 18.4 Å². The third-order valence-corrected chi connectivity index (χ3v) is 3.88. The molecule has 3 rings (SSSR count). The molecule has 4 heteroatoms. The van der Waals surface area contributed by atoms with Gasteiger partial charge in [-0.3, -0.25) is 4.79 Å². The van der Waals surface area contributed by atoms with Crippen LogP contribution in [0.3, 0.4) is 0 Å². The molecule has 2 aliphatic heterocycles.